The molecule has 2 aromatic carbocycles. The van der Waals surface area contributed by atoms with Crippen molar-refractivity contribution in [3.8, 4) is 0 Å². The minimum atomic E-state index is -1.27. The summed E-state index contributed by atoms with van der Waals surface area (Å²) in [6.07, 6.45) is 0.166. The monoisotopic (exact) mass is 425 g/mol. The third-order valence-corrected chi connectivity index (χ3v) is 4.56. The quantitative estimate of drug-likeness (QED) is 0.319. The van der Waals surface area contributed by atoms with E-state index in [1.165, 1.54) is 0 Å². The zero-order chi connectivity index (χ0) is 22.8. The van der Waals surface area contributed by atoms with Gasteiger partial charge in [-0.25, -0.2) is 4.79 Å². The number of nitrogens with one attached hydrogen (secondary N) is 1. The van der Waals surface area contributed by atoms with Crippen LogP contribution in [0.5, 0.6) is 0 Å². The van der Waals surface area contributed by atoms with E-state index in [0.29, 0.717) is 17.2 Å². The number of Topliss-reactive ketones (excluding diaryl/α,β-unsaturated/α-hetero) is 1. The highest BCUT2D eigenvalue weighted by atomic mass is 16.4. The summed E-state index contributed by atoms with van der Waals surface area (Å²) in [5, 5.41) is 30.8. The average Bonchev–Trinajstić information content (AvgIpc) is 2.74. The lowest BCUT2D eigenvalue weighted by Gasteiger charge is -2.14. The number of ketones is 1. The van der Waals surface area contributed by atoms with Crippen molar-refractivity contribution in [2.75, 3.05) is 0 Å². The average molecular weight is 425 g/mol. The maximum atomic E-state index is 12.2. The van der Waals surface area contributed by atoms with Crippen LogP contribution in [0.3, 0.4) is 0 Å². The molecule has 0 aliphatic heterocycles. The standard InChI is InChI=1S/C23H23NO7/c25-19(13-17(22(28)29)11-15-7-3-1-4-8-15)20(26)14-21(27)24-18(23(30)31)12-16-9-5-2-6-10-16/h1-10,14,17-18,26H,11-13H2,(H,24,27)(H,28,29)(H,30,31)/b20-14-/t17-,18+/m1/s1. The first-order valence-electron chi connectivity index (χ1n) is 9.54. The van der Waals surface area contributed by atoms with E-state index >= 15 is 0 Å². The number of aliphatic carboxylic acids is 2. The number of hydrogen-bond donors (Lipinski definition) is 4. The summed E-state index contributed by atoms with van der Waals surface area (Å²) >= 11 is 0. The minimum Gasteiger partial charge on any atom is -0.504 e. The smallest absolute Gasteiger partial charge is 0.326 e. The highest BCUT2D eigenvalue weighted by molar-refractivity contribution is 6.02. The van der Waals surface area contributed by atoms with E-state index in [0.717, 1.165) is 0 Å². The number of carbonyl (C=O) groups excluding carboxylic acids is 2. The number of amides is 1. The van der Waals surface area contributed by atoms with Gasteiger partial charge in [0.2, 0.25) is 5.91 Å². The van der Waals surface area contributed by atoms with Gasteiger partial charge in [-0.2, -0.15) is 0 Å². The molecule has 8 nitrogen and oxygen atoms in total. The molecule has 162 valence electrons. The molecule has 4 N–H and O–H groups in total. The Morgan fingerprint density at radius 3 is 1.77 bits per heavy atom. The van der Waals surface area contributed by atoms with Crippen LogP contribution < -0.4 is 5.32 Å². The lowest BCUT2D eigenvalue weighted by molar-refractivity contribution is -0.143. The fraction of sp³-hybridized carbons (Fsp3) is 0.217. The molecule has 0 spiro atoms. The molecule has 0 bridgehead atoms. The van der Waals surface area contributed by atoms with Gasteiger partial charge in [0.15, 0.2) is 11.5 Å². The normalized spacial score (nSPS) is 13.1. The molecule has 31 heavy (non-hydrogen) atoms. The first kappa shape index (κ1) is 23.3. The maximum absolute atomic E-state index is 12.2. The van der Waals surface area contributed by atoms with Crippen LogP contribution in [0.4, 0.5) is 0 Å². The summed E-state index contributed by atoms with van der Waals surface area (Å²) in [4.78, 5) is 47.2. The summed E-state index contributed by atoms with van der Waals surface area (Å²) in [6, 6.07) is 16.1. The van der Waals surface area contributed by atoms with Crippen molar-refractivity contribution < 1.29 is 34.5 Å². The van der Waals surface area contributed by atoms with Gasteiger partial charge in [0.05, 0.1) is 5.92 Å². The van der Waals surface area contributed by atoms with Crippen molar-refractivity contribution in [1.29, 1.82) is 0 Å². The Bertz CT molecular complexity index is 954. The van der Waals surface area contributed by atoms with Crippen LogP contribution in [0.15, 0.2) is 72.5 Å². The fourth-order valence-electron chi connectivity index (χ4n) is 2.94. The Morgan fingerprint density at radius 1 is 0.774 bits per heavy atom. The molecule has 0 heterocycles. The number of allylic oxidation sites excluding steroid dienone is 1. The van der Waals surface area contributed by atoms with Gasteiger partial charge in [0.25, 0.3) is 0 Å². The highest BCUT2D eigenvalue weighted by Gasteiger charge is 2.25. The molecule has 2 atom stereocenters. The minimum absolute atomic E-state index is 0.0165. The summed E-state index contributed by atoms with van der Waals surface area (Å²) < 4.78 is 0. The zero-order valence-electron chi connectivity index (χ0n) is 16.6. The van der Waals surface area contributed by atoms with Crippen LogP contribution in [0.1, 0.15) is 17.5 Å². The SMILES string of the molecule is O=C(/C=C(\O)C(=O)C[C@@H](Cc1ccccc1)C(=O)O)N[C@@H](Cc1ccccc1)C(=O)O. The van der Waals surface area contributed by atoms with Crippen LogP contribution in [-0.4, -0.2) is 45.0 Å². The molecule has 0 aromatic heterocycles. The first-order chi connectivity index (χ1) is 14.8. The Kier molecular flexibility index (Phi) is 8.51. The largest absolute Gasteiger partial charge is 0.504 e. The second-order valence-corrected chi connectivity index (χ2v) is 6.97. The molecule has 2 rings (SSSR count). The highest BCUT2D eigenvalue weighted by Crippen LogP contribution is 2.15. The Morgan fingerprint density at radius 2 is 1.29 bits per heavy atom. The molecule has 0 fully saturated rings. The van der Waals surface area contributed by atoms with Gasteiger partial charge in [-0.15, -0.1) is 0 Å². The van der Waals surface area contributed by atoms with Crippen LogP contribution in [0.25, 0.3) is 0 Å². The van der Waals surface area contributed by atoms with E-state index in [1.54, 1.807) is 60.7 Å². The third-order valence-electron chi connectivity index (χ3n) is 4.56. The fourth-order valence-corrected chi connectivity index (χ4v) is 2.94. The third kappa shape index (κ3) is 7.77. The molecular formula is C23H23NO7. The number of rotatable bonds is 11. The van der Waals surface area contributed by atoms with Gasteiger partial charge in [-0.3, -0.25) is 14.4 Å². The van der Waals surface area contributed by atoms with Crippen molar-refractivity contribution in [2.45, 2.75) is 25.3 Å². The van der Waals surface area contributed by atoms with Crippen LogP contribution in [0.2, 0.25) is 0 Å². The predicted molar refractivity (Wildman–Crippen MR) is 111 cm³/mol. The van der Waals surface area contributed by atoms with Crippen LogP contribution in [0, 0.1) is 5.92 Å². The van der Waals surface area contributed by atoms with Gasteiger partial charge in [0, 0.05) is 18.9 Å². The molecule has 1 amide bonds. The van der Waals surface area contributed by atoms with Crippen molar-refractivity contribution in [3.05, 3.63) is 83.6 Å². The topological polar surface area (TPSA) is 141 Å². The second-order valence-electron chi connectivity index (χ2n) is 6.97. The number of carboxylic acids is 2. The van der Waals surface area contributed by atoms with E-state index in [-0.39, 0.29) is 12.8 Å². The van der Waals surface area contributed by atoms with Gasteiger partial charge >= 0.3 is 11.9 Å². The molecule has 0 saturated carbocycles. The number of hydrogen-bond acceptors (Lipinski definition) is 5. The number of carboxylic acid groups (broad SMARTS) is 2. The Labute approximate surface area is 178 Å². The summed E-state index contributed by atoms with van der Waals surface area (Å²) in [5.74, 6) is -6.38. The van der Waals surface area contributed by atoms with E-state index in [1.807, 2.05) is 0 Å². The van der Waals surface area contributed by atoms with Gasteiger partial charge in [-0.1, -0.05) is 60.7 Å². The van der Waals surface area contributed by atoms with E-state index < -0.39 is 47.8 Å². The molecular weight excluding hydrogens is 402 g/mol. The van der Waals surface area contributed by atoms with Crippen LogP contribution >= 0.6 is 0 Å². The number of aliphatic hydroxyl groups is 1. The first-order valence-corrected chi connectivity index (χ1v) is 9.54. The number of benzene rings is 2. The number of aliphatic hydroxyl groups excluding tert-OH is 1. The molecule has 0 aliphatic rings. The maximum Gasteiger partial charge on any atom is 0.326 e. The summed E-state index contributed by atoms with van der Waals surface area (Å²) in [6.45, 7) is 0. The summed E-state index contributed by atoms with van der Waals surface area (Å²) in [7, 11) is 0. The van der Waals surface area contributed by atoms with Crippen molar-refractivity contribution >= 4 is 23.6 Å². The lowest BCUT2D eigenvalue weighted by Crippen LogP contribution is -2.41. The van der Waals surface area contributed by atoms with E-state index in [4.69, 9.17) is 0 Å². The molecule has 0 saturated heterocycles. The predicted octanol–water partition coefficient (Wildman–Crippen LogP) is 2.14. The Hall–Kier alpha value is -3.94. The zero-order valence-corrected chi connectivity index (χ0v) is 16.6. The Balaban J connectivity index is 2.00. The molecule has 8 heteroatoms. The second kappa shape index (κ2) is 11.3. The molecule has 0 aliphatic carbocycles. The molecule has 0 unspecified atom stereocenters. The van der Waals surface area contributed by atoms with E-state index in [9.17, 15) is 34.5 Å². The van der Waals surface area contributed by atoms with Crippen LogP contribution in [-0.2, 0) is 32.0 Å². The molecule has 0 radical (unpaired) electrons. The summed E-state index contributed by atoms with van der Waals surface area (Å²) in [5.41, 5.74) is 1.40. The van der Waals surface area contributed by atoms with Crippen molar-refractivity contribution in [2.24, 2.45) is 5.92 Å². The van der Waals surface area contributed by atoms with Crippen molar-refractivity contribution in [3.63, 3.8) is 0 Å². The number of carbonyl (C=O) groups is 4. The molecule has 2 aromatic rings. The lowest BCUT2D eigenvalue weighted by atomic mass is 9.94. The van der Waals surface area contributed by atoms with Gasteiger partial charge in [-0.05, 0) is 17.5 Å². The van der Waals surface area contributed by atoms with Gasteiger partial charge in [0.1, 0.15) is 6.04 Å². The van der Waals surface area contributed by atoms with E-state index in [2.05, 4.69) is 5.32 Å². The van der Waals surface area contributed by atoms with Gasteiger partial charge < -0.3 is 20.6 Å². The van der Waals surface area contributed by atoms with Crippen molar-refractivity contribution in [1.82, 2.24) is 5.32 Å².